The third-order valence-electron chi connectivity index (χ3n) is 3.03. The van der Waals surface area contributed by atoms with E-state index < -0.39 is 0 Å². The zero-order chi connectivity index (χ0) is 14.1. The van der Waals surface area contributed by atoms with E-state index in [2.05, 4.69) is 10.3 Å². The summed E-state index contributed by atoms with van der Waals surface area (Å²) < 4.78 is 1.81. The van der Waals surface area contributed by atoms with Gasteiger partial charge in [-0.15, -0.1) is 0 Å². The minimum absolute atomic E-state index is 0.237. The Bertz CT molecular complexity index is 762. The lowest BCUT2D eigenvalue weighted by molar-refractivity contribution is 0.102. The highest BCUT2D eigenvalue weighted by Gasteiger charge is 2.11. The van der Waals surface area contributed by atoms with Crippen molar-refractivity contribution < 1.29 is 4.79 Å². The van der Waals surface area contributed by atoms with Crippen molar-refractivity contribution in [3.8, 4) is 0 Å². The number of carbonyl (C=O) groups excluding carboxylic acids is 1. The van der Waals surface area contributed by atoms with Gasteiger partial charge in [-0.05, 0) is 42.8 Å². The van der Waals surface area contributed by atoms with Crippen molar-refractivity contribution in [2.75, 3.05) is 5.32 Å². The summed E-state index contributed by atoms with van der Waals surface area (Å²) >= 11 is 5.90. The molecule has 4 nitrogen and oxygen atoms in total. The number of benzene rings is 1. The number of aryl methyl sites for hydroxylation is 1. The highest BCUT2D eigenvalue weighted by atomic mass is 35.5. The molecule has 0 aliphatic heterocycles. The molecule has 0 radical (unpaired) electrons. The predicted octanol–water partition coefficient (Wildman–Crippen LogP) is 3.55. The van der Waals surface area contributed by atoms with E-state index in [1.807, 2.05) is 35.7 Å². The van der Waals surface area contributed by atoms with Crippen molar-refractivity contribution in [3.63, 3.8) is 0 Å². The summed E-state index contributed by atoms with van der Waals surface area (Å²) in [6.07, 6.45) is 3.56. The fourth-order valence-corrected chi connectivity index (χ4v) is 2.22. The fourth-order valence-electron chi connectivity index (χ4n) is 2.00. The Labute approximate surface area is 121 Å². The molecule has 20 heavy (non-hydrogen) atoms. The van der Waals surface area contributed by atoms with Crippen LogP contribution in [0.3, 0.4) is 0 Å². The summed E-state index contributed by atoms with van der Waals surface area (Å²) in [6, 6.07) is 11.0. The SMILES string of the molecule is Cc1cc(Cl)ccc1NC(=O)c1cn2ccccc2n1. The zero-order valence-electron chi connectivity index (χ0n) is 10.8. The molecule has 0 aliphatic carbocycles. The number of carbonyl (C=O) groups is 1. The zero-order valence-corrected chi connectivity index (χ0v) is 11.6. The molecule has 1 N–H and O–H groups in total. The van der Waals surface area contributed by atoms with E-state index in [0.29, 0.717) is 10.7 Å². The van der Waals surface area contributed by atoms with Gasteiger partial charge < -0.3 is 9.72 Å². The second kappa shape index (κ2) is 4.98. The van der Waals surface area contributed by atoms with E-state index in [9.17, 15) is 4.79 Å². The number of fused-ring (bicyclic) bond motifs is 1. The lowest BCUT2D eigenvalue weighted by Crippen LogP contribution is -2.13. The first-order valence-electron chi connectivity index (χ1n) is 6.15. The molecule has 1 aromatic carbocycles. The molecule has 0 spiro atoms. The monoisotopic (exact) mass is 285 g/mol. The molecule has 1 amide bonds. The first-order valence-corrected chi connectivity index (χ1v) is 6.52. The number of nitrogens with one attached hydrogen (secondary N) is 1. The van der Waals surface area contributed by atoms with Gasteiger partial charge in [-0.1, -0.05) is 17.7 Å². The van der Waals surface area contributed by atoms with Crippen molar-refractivity contribution in [1.82, 2.24) is 9.38 Å². The third kappa shape index (κ3) is 2.38. The van der Waals surface area contributed by atoms with Gasteiger partial charge in [0.05, 0.1) is 0 Å². The second-order valence-corrected chi connectivity index (χ2v) is 4.94. The minimum atomic E-state index is -0.237. The molecule has 2 aromatic heterocycles. The number of hydrogen-bond donors (Lipinski definition) is 1. The van der Waals surface area contributed by atoms with E-state index >= 15 is 0 Å². The van der Waals surface area contributed by atoms with Gasteiger partial charge in [0.2, 0.25) is 0 Å². The molecule has 100 valence electrons. The first-order chi connectivity index (χ1) is 9.63. The van der Waals surface area contributed by atoms with Crippen LogP contribution in [-0.2, 0) is 0 Å². The van der Waals surface area contributed by atoms with E-state index in [-0.39, 0.29) is 5.91 Å². The summed E-state index contributed by atoms with van der Waals surface area (Å²) in [6.45, 7) is 1.89. The van der Waals surface area contributed by atoms with Crippen LogP contribution in [0.5, 0.6) is 0 Å². The standard InChI is InChI=1S/C15H12ClN3O/c1-10-8-11(16)5-6-12(10)18-15(20)13-9-19-7-3-2-4-14(19)17-13/h2-9H,1H3,(H,18,20). The number of halogens is 1. The Kier molecular flexibility index (Phi) is 3.16. The number of anilines is 1. The van der Waals surface area contributed by atoms with Crippen molar-refractivity contribution in [2.24, 2.45) is 0 Å². The number of hydrogen-bond acceptors (Lipinski definition) is 2. The van der Waals surface area contributed by atoms with Crippen LogP contribution in [0.25, 0.3) is 5.65 Å². The largest absolute Gasteiger partial charge is 0.320 e. The predicted molar refractivity (Wildman–Crippen MR) is 79.3 cm³/mol. The van der Waals surface area contributed by atoms with Crippen molar-refractivity contribution in [3.05, 3.63) is 65.1 Å². The van der Waals surface area contributed by atoms with Crippen LogP contribution in [0.1, 0.15) is 16.1 Å². The summed E-state index contributed by atoms with van der Waals surface area (Å²) in [5.41, 5.74) is 2.77. The van der Waals surface area contributed by atoms with Crippen LogP contribution in [0.4, 0.5) is 5.69 Å². The number of amides is 1. The lowest BCUT2D eigenvalue weighted by atomic mass is 10.2. The van der Waals surface area contributed by atoms with Crippen LogP contribution in [0.2, 0.25) is 5.02 Å². The first kappa shape index (κ1) is 12.7. The van der Waals surface area contributed by atoms with Gasteiger partial charge in [0.25, 0.3) is 5.91 Å². The molecule has 0 saturated carbocycles. The summed E-state index contributed by atoms with van der Waals surface area (Å²) in [7, 11) is 0. The Balaban J connectivity index is 1.89. The Morgan fingerprint density at radius 2 is 2.15 bits per heavy atom. The van der Waals surface area contributed by atoms with Crippen LogP contribution in [0.15, 0.2) is 48.8 Å². The highest BCUT2D eigenvalue weighted by molar-refractivity contribution is 6.30. The minimum Gasteiger partial charge on any atom is -0.320 e. The van der Waals surface area contributed by atoms with E-state index in [1.165, 1.54) is 0 Å². The van der Waals surface area contributed by atoms with E-state index in [4.69, 9.17) is 11.6 Å². The van der Waals surface area contributed by atoms with Crippen LogP contribution >= 0.6 is 11.6 Å². The van der Waals surface area contributed by atoms with Crippen molar-refractivity contribution >= 4 is 28.8 Å². The molecule has 3 aromatic rings. The Hall–Kier alpha value is -2.33. The summed E-state index contributed by atoms with van der Waals surface area (Å²) in [5, 5.41) is 3.49. The van der Waals surface area contributed by atoms with Crippen molar-refractivity contribution in [2.45, 2.75) is 6.92 Å². The molecular weight excluding hydrogens is 274 g/mol. The quantitative estimate of drug-likeness (QED) is 0.783. The van der Waals surface area contributed by atoms with Gasteiger partial charge in [0.15, 0.2) is 0 Å². The maximum atomic E-state index is 12.2. The molecule has 0 unspecified atom stereocenters. The number of rotatable bonds is 2. The Morgan fingerprint density at radius 1 is 1.30 bits per heavy atom. The summed E-state index contributed by atoms with van der Waals surface area (Å²) in [4.78, 5) is 16.5. The number of pyridine rings is 1. The van der Waals surface area contributed by atoms with Crippen LogP contribution in [0, 0.1) is 6.92 Å². The van der Waals surface area contributed by atoms with Gasteiger partial charge >= 0.3 is 0 Å². The average molecular weight is 286 g/mol. The summed E-state index contributed by atoms with van der Waals surface area (Å²) in [5.74, 6) is -0.237. The maximum Gasteiger partial charge on any atom is 0.275 e. The lowest BCUT2D eigenvalue weighted by Gasteiger charge is -2.06. The van der Waals surface area contributed by atoms with Gasteiger partial charge in [0, 0.05) is 23.1 Å². The smallest absolute Gasteiger partial charge is 0.275 e. The number of nitrogens with zero attached hydrogens (tertiary/aromatic N) is 2. The topological polar surface area (TPSA) is 46.4 Å². The molecule has 0 saturated heterocycles. The average Bonchev–Trinajstić information content (AvgIpc) is 2.86. The van der Waals surface area contributed by atoms with Crippen LogP contribution in [-0.4, -0.2) is 15.3 Å². The molecule has 0 aliphatic rings. The number of imidazole rings is 1. The third-order valence-corrected chi connectivity index (χ3v) is 3.27. The molecule has 0 bridgehead atoms. The normalized spacial score (nSPS) is 10.7. The molecule has 0 fully saturated rings. The van der Waals surface area contributed by atoms with Crippen LogP contribution < -0.4 is 5.32 Å². The van der Waals surface area contributed by atoms with E-state index in [0.717, 1.165) is 16.9 Å². The molecular formula is C15H12ClN3O. The molecule has 2 heterocycles. The highest BCUT2D eigenvalue weighted by Crippen LogP contribution is 2.20. The van der Waals surface area contributed by atoms with Gasteiger partial charge in [0.1, 0.15) is 11.3 Å². The van der Waals surface area contributed by atoms with Gasteiger partial charge in [-0.25, -0.2) is 4.98 Å². The van der Waals surface area contributed by atoms with Gasteiger partial charge in [-0.3, -0.25) is 4.79 Å². The maximum absolute atomic E-state index is 12.2. The molecule has 3 rings (SSSR count). The second-order valence-electron chi connectivity index (χ2n) is 4.51. The molecule has 0 atom stereocenters. The van der Waals surface area contributed by atoms with Crippen molar-refractivity contribution in [1.29, 1.82) is 0 Å². The number of aromatic nitrogens is 2. The van der Waals surface area contributed by atoms with Gasteiger partial charge in [-0.2, -0.15) is 0 Å². The fraction of sp³-hybridized carbons (Fsp3) is 0.0667. The van der Waals surface area contributed by atoms with E-state index in [1.54, 1.807) is 24.4 Å². The Morgan fingerprint density at radius 3 is 2.90 bits per heavy atom. The molecule has 5 heteroatoms.